The molecule has 2 aromatic heterocycles. The van der Waals surface area contributed by atoms with E-state index in [1.165, 1.54) is 18.5 Å². The number of nitrogens with one attached hydrogen (secondary N) is 1. The van der Waals surface area contributed by atoms with Crippen LogP contribution in [0, 0.1) is 5.82 Å². The van der Waals surface area contributed by atoms with Crippen molar-refractivity contribution in [3.63, 3.8) is 0 Å². The van der Waals surface area contributed by atoms with Crippen LogP contribution in [0.25, 0.3) is 11.1 Å². The fourth-order valence-electron chi connectivity index (χ4n) is 3.42. The molecule has 1 aliphatic rings. The lowest BCUT2D eigenvalue weighted by Gasteiger charge is -2.33. The van der Waals surface area contributed by atoms with E-state index in [2.05, 4.69) is 25.1 Å². The number of hydrogen-bond acceptors (Lipinski definition) is 5. The highest BCUT2D eigenvalue weighted by atomic mass is 19.1. The summed E-state index contributed by atoms with van der Waals surface area (Å²) in [5.41, 5.74) is 8.85. The number of aromatic amines is 1. The molecule has 1 saturated heterocycles. The van der Waals surface area contributed by atoms with E-state index in [4.69, 9.17) is 5.73 Å². The summed E-state index contributed by atoms with van der Waals surface area (Å²) in [5.74, 6) is 1.38. The van der Waals surface area contributed by atoms with E-state index in [0.717, 1.165) is 48.6 Å². The van der Waals surface area contributed by atoms with Gasteiger partial charge in [0.15, 0.2) is 0 Å². The molecule has 128 valence electrons. The highest BCUT2D eigenvalue weighted by molar-refractivity contribution is 5.66. The van der Waals surface area contributed by atoms with Crippen molar-refractivity contribution < 1.29 is 4.39 Å². The van der Waals surface area contributed by atoms with E-state index in [1.54, 1.807) is 18.2 Å². The lowest BCUT2D eigenvalue weighted by molar-refractivity contribution is 0.498. The minimum Gasteiger partial charge on any atom is -0.384 e. The highest BCUT2D eigenvalue weighted by Gasteiger charge is 2.26. The number of hydrogen-bond donors (Lipinski definition) is 2. The number of aromatic nitrogens is 4. The van der Waals surface area contributed by atoms with Crippen molar-refractivity contribution in [1.29, 1.82) is 0 Å². The molecule has 7 heteroatoms. The Balaban J connectivity index is 1.60. The third-order valence-corrected chi connectivity index (χ3v) is 4.65. The Morgan fingerprint density at radius 1 is 1.20 bits per heavy atom. The van der Waals surface area contributed by atoms with Crippen LogP contribution in [0.5, 0.6) is 0 Å². The molecule has 1 atom stereocenters. The number of anilines is 2. The molecule has 3 N–H and O–H groups in total. The molecule has 1 aromatic carbocycles. The maximum atomic E-state index is 13.2. The summed E-state index contributed by atoms with van der Waals surface area (Å²) in [4.78, 5) is 10.5. The van der Waals surface area contributed by atoms with E-state index < -0.39 is 0 Å². The van der Waals surface area contributed by atoms with Gasteiger partial charge in [0.05, 0.1) is 6.20 Å². The number of rotatable bonds is 3. The standard InChI is InChI=1S/C18H19FN6/c19-14-5-3-12(4-6-14)15-9-23-24-18(15)13-2-1-7-25(10-13)17-8-16(20)21-11-22-17/h3-6,8-9,11,13H,1-2,7,10H2,(H,23,24)(H2,20,21,22)/t13-/m1/s1. The molecule has 6 nitrogen and oxygen atoms in total. The third-order valence-electron chi connectivity index (χ3n) is 4.65. The zero-order valence-corrected chi connectivity index (χ0v) is 13.7. The normalized spacial score (nSPS) is 17.6. The zero-order valence-electron chi connectivity index (χ0n) is 13.7. The topological polar surface area (TPSA) is 83.7 Å². The molecular weight excluding hydrogens is 319 g/mol. The molecule has 0 saturated carbocycles. The molecule has 1 fully saturated rings. The van der Waals surface area contributed by atoms with Crippen molar-refractivity contribution in [3.8, 4) is 11.1 Å². The maximum absolute atomic E-state index is 13.2. The van der Waals surface area contributed by atoms with E-state index in [0.29, 0.717) is 11.7 Å². The summed E-state index contributed by atoms with van der Waals surface area (Å²) in [6.45, 7) is 1.76. The summed E-state index contributed by atoms with van der Waals surface area (Å²) >= 11 is 0. The lowest BCUT2D eigenvalue weighted by Crippen LogP contribution is -2.35. The molecule has 3 aromatic rings. The van der Waals surface area contributed by atoms with Gasteiger partial charge >= 0.3 is 0 Å². The molecule has 0 radical (unpaired) electrons. The molecule has 0 amide bonds. The van der Waals surface area contributed by atoms with Crippen LogP contribution in [0.15, 0.2) is 42.9 Å². The summed E-state index contributed by atoms with van der Waals surface area (Å²) < 4.78 is 13.2. The second kappa shape index (κ2) is 6.51. The van der Waals surface area contributed by atoms with Gasteiger partial charge in [-0.05, 0) is 30.5 Å². The molecule has 0 unspecified atom stereocenters. The van der Waals surface area contributed by atoms with Crippen molar-refractivity contribution in [3.05, 3.63) is 54.4 Å². The van der Waals surface area contributed by atoms with Crippen molar-refractivity contribution in [1.82, 2.24) is 20.2 Å². The first-order valence-electron chi connectivity index (χ1n) is 8.32. The third kappa shape index (κ3) is 3.17. The van der Waals surface area contributed by atoms with Crippen LogP contribution in [-0.2, 0) is 0 Å². The molecule has 0 bridgehead atoms. The van der Waals surface area contributed by atoms with Crippen molar-refractivity contribution in [2.24, 2.45) is 0 Å². The molecule has 25 heavy (non-hydrogen) atoms. The van der Waals surface area contributed by atoms with Gasteiger partial charge in [0, 0.05) is 36.3 Å². The molecule has 0 spiro atoms. The van der Waals surface area contributed by atoms with Gasteiger partial charge in [-0.15, -0.1) is 0 Å². The Bertz CT molecular complexity index is 860. The maximum Gasteiger partial charge on any atom is 0.134 e. The first-order chi connectivity index (χ1) is 12.2. The number of benzene rings is 1. The van der Waals surface area contributed by atoms with Gasteiger partial charge in [-0.2, -0.15) is 5.10 Å². The summed E-state index contributed by atoms with van der Waals surface area (Å²) in [5, 5.41) is 7.37. The summed E-state index contributed by atoms with van der Waals surface area (Å²) in [6, 6.07) is 8.33. The van der Waals surface area contributed by atoms with E-state index in [-0.39, 0.29) is 5.82 Å². The summed E-state index contributed by atoms with van der Waals surface area (Å²) in [6.07, 6.45) is 5.42. The number of piperidine rings is 1. The van der Waals surface area contributed by atoms with Gasteiger partial charge in [0.2, 0.25) is 0 Å². The Kier molecular flexibility index (Phi) is 4.05. The van der Waals surface area contributed by atoms with Gasteiger partial charge in [-0.1, -0.05) is 12.1 Å². The first-order valence-corrected chi connectivity index (χ1v) is 8.32. The highest BCUT2D eigenvalue weighted by Crippen LogP contribution is 2.34. The van der Waals surface area contributed by atoms with Crippen molar-refractivity contribution >= 4 is 11.6 Å². The number of H-pyrrole nitrogens is 1. The van der Waals surface area contributed by atoms with Crippen LogP contribution in [0.4, 0.5) is 16.0 Å². The quantitative estimate of drug-likeness (QED) is 0.767. The van der Waals surface area contributed by atoms with Crippen LogP contribution >= 0.6 is 0 Å². The van der Waals surface area contributed by atoms with Crippen LogP contribution in [0.1, 0.15) is 24.5 Å². The van der Waals surface area contributed by atoms with E-state index in [1.807, 2.05) is 6.20 Å². The van der Waals surface area contributed by atoms with Crippen LogP contribution in [0.3, 0.4) is 0 Å². The largest absolute Gasteiger partial charge is 0.384 e. The lowest BCUT2D eigenvalue weighted by atomic mass is 9.90. The molecular formula is C18H19FN6. The Morgan fingerprint density at radius 2 is 2.04 bits per heavy atom. The van der Waals surface area contributed by atoms with E-state index in [9.17, 15) is 4.39 Å². The zero-order chi connectivity index (χ0) is 17.2. The molecule has 4 rings (SSSR count). The number of nitrogens with zero attached hydrogens (tertiary/aromatic N) is 4. The minimum atomic E-state index is -0.237. The smallest absolute Gasteiger partial charge is 0.134 e. The van der Waals surface area contributed by atoms with Gasteiger partial charge in [0.1, 0.15) is 23.8 Å². The summed E-state index contributed by atoms with van der Waals surface area (Å²) in [7, 11) is 0. The molecule has 3 heterocycles. The van der Waals surface area contributed by atoms with Gasteiger partial charge < -0.3 is 10.6 Å². The molecule has 0 aliphatic carbocycles. The van der Waals surface area contributed by atoms with Gasteiger partial charge in [-0.3, -0.25) is 5.10 Å². The Labute approximate surface area is 144 Å². The number of nitrogens with two attached hydrogens (primary N) is 1. The Morgan fingerprint density at radius 3 is 2.84 bits per heavy atom. The minimum absolute atomic E-state index is 0.237. The predicted molar refractivity (Wildman–Crippen MR) is 94.6 cm³/mol. The van der Waals surface area contributed by atoms with Gasteiger partial charge in [0.25, 0.3) is 0 Å². The van der Waals surface area contributed by atoms with Crippen molar-refractivity contribution in [2.45, 2.75) is 18.8 Å². The number of halogens is 1. The molecule has 1 aliphatic heterocycles. The van der Waals surface area contributed by atoms with Crippen LogP contribution in [-0.4, -0.2) is 33.3 Å². The monoisotopic (exact) mass is 338 g/mol. The average Bonchev–Trinajstić information content (AvgIpc) is 3.12. The Hall–Kier alpha value is -2.96. The number of nitrogen functional groups attached to an aromatic ring is 1. The van der Waals surface area contributed by atoms with Gasteiger partial charge in [-0.25, -0.2) is 14.4 Å². The van der Waals surface area contributed by atoms with Crippen molar-refractivity contribution in [2.75, 3.05) is 23.7 Å². The van der Waals surface area contributed by atoms with E-state index >= 15 is 0 Å². The second-order valence-corrected chi connectivity index (χ2v) is 6.29. The van der Waals surface area contributed by atoms with Crippen LogP contribution in [0.2, 0.25) is 0 Å². The fourth-order valence-corrected chi connectivity index (χ4v) is 3.42. The SMILES string of the molecule is Nc1cc(N2CCC[C@@H](c3[nH]ncc3-c3ccc(F)cc3)C2)ncn1. The first kappa shape index (κ1) is 15.6. The second-order valence-electron chi connectivity index (χ2n) is 6.29. The average molecular weight is 338 g/mol. The predicted octanol–water partition coefficient (Wildman–Crippen LogP) is 2.97. The van der Waals surface area contributed by atoms with Crippen LogP contribution < -0.4 is 10.6 Å². The fraction of sp³-hybridized carbons (Fsp3) is 0.278.